The Morgan fingerprint density at radius 1 is 1.50 bits per heavy atom. The van der Waals surface area contributed by atoms with Gasteiger partial charge in [0.05, 0.1) is 12.6 Å². The third kappa shape index (κ3) is 4.78. The first-order valence-electron chi connectivity index (χ1n) is 4.43. The molecule has 0 unspecified atom stereocenters. The average molecular weight is 204 g/mol. The van der Waals surface area contributed by atoms with Crippen LogP contribution < -0.4 is 11.1 Å². The summed E-state index contributed by atoms with van der Waals surface area (Å²) in [7, 11) is 0. The summed E-state index contributed by atoms with van der Waals surface area (Å²) in [6.45, 7) is 1.57. The van der Waals surface area contributed by atoms with E-state index in [0.29, 0.717) is 6.42 Å². The highest BCUT2D eigenvalue weighted by molar-refractivity contribution is 5.82. The van der Waals surface area contributed by atoms with E-state index in [1.165, 1.54) is 0 Å². The van der Waals surface area contributed by atoms with Gasteiger partial charge >= 0.3 is 5.97 Å². The first kappa shape index (κ1) is 12.9. The minimum atomic E-state index is -1.58. The molecule has 0 aliphatic heterocycles. The number of nitrogens with two attached hydrogens (primary N) is 1. The Labute approximate surface area is 82.1 Å². The highest BCUT2D eigenvalue weighted by Gasteiger charge is 2.17. The second kappa shape index (κ2) is 6.33. The Hall–Kier alpha value is -1.14. The van der Waals surface area contributed by atoms with Crippen LogP contribution >= 0.6 is 0 Å². The van der Waals surface area contributed by atoms with Crippen LogP contribution in [0.5, 0.6) is 0 Å². The van der Waals surface area contributed by atoms with Crippen molar-refractivity contribution in [2.24, 2.45) is 5.73 Å². The average Bonchev–Trinajstić information content (AvgIpc) is 2.13. The maximum Gasteiger partial charge on any atom is 0.334 e. The summed E-state index contributed by atoms with van der Waals surface area (Å²) in [6.07, 6.45) is -0.266. The first-order chi connectivity index (χ1) is 6.49. The smallest absolute Gasteiger partial charge is 0.334 e. The van der Waals surface area contributed by atoms with Gasteiger partial charge in [0.25, 0.3) is 0 Å². The van der Waals surface area contributed by atoms with Crippen LogP contribution in [-0.2, 0) is 9.59 Å². The van der Waals surface area contributed by atoms with Crippen molar-refractivity contribution in [3.63, 3.8) is 0 Å². The molecule has 0 radical (unpaired) electrons. The Bertz CT molecular complexity index is 208. The molecule has 0 aliphatic carbocycles. The van der Waals surface area contributed by atoms with Gasteiger partial charge in [0.1, 0.15) is 0 Å². The Balaban J connectivity index is 3.78. The molecule has 6 nitrogen and oxygen atoms in total. The maximum atomic E-state index is 11.1. The number of hydrogen-bond donors (Lipinski definition) is 4. The lowest BCUT2D eigenvalue weighted by atomic mass is 10.1. The van der Waals surface area contributed by atoms with E-state index in [-0.39, 0.29) is 6.54 Å². The summed E-state index contributed by atoms with van der Waals surface area (Å²) >= 11 is 0. The predicted octanol–water partition coefficient (Wildman–Crippen LogP) is -1.32. The number of hydrogen-bond acceptors (Lipinski definition) is 4. The van der Waals surface area contributed by atoms with Gasteiger partial charge in [0.15, 0.2) is 6.10 Å². The number of rotatable bonds is 6. The second-order valence-electron chi connectivity index (χ2n) is 2.99. The fourth-order valence-electron chi connectivity index (χ4n) is 0.858. The van der Waals surface area contributed by atoms with Crippen LogP contribution in [0.15, 0.2) is 0 Å². The van der Waals surface area contributed by atoms with Gasteiger partial charge in [-0.05, 0) is 6.42 Å². The van der Waals surface area contributed by atoms with Crippen molar-refractivity contribution < 1.29 is 19.8 Å². The van der Waals surface area contributed by atoms with Crippen LogP contribution in [0, 0.1) is 0 Å². The van der Waals surface area contributed by atoms with Gasteiger partial charge in [-0.3, -0.25) is 4.79 Å². The van der Waals surface area contributed by atoms with Crippen LogP contribution in [0.4, 0.5) is 0 Å². The molecule has 14 heavy (non-hydrogen) atoms. The van der Waals surface area contributed by atoms with Crippen molar-refractivity contribution >= 4 is 11.9 Å². The van der Waals surface area contributed by atoms with E-state index in [4.69, 9.17) is 15.9 Å². The zero-order chi connectivity index (χ0) is 11.1. The molecule has 0 aromatic rings. The van der Waals surface area contributed by atoms with Gasteiger partial charge in [0, 0.05) is 0 Å². The van der Waals surface area contributed by atoms with Crippen molar-refractivity contribution in [2.45, 2.75) is 31.9 Å². The van der Waals surface area contributed by atoms with Crippen molar-refractivity contribution in [3.05, 3.63) is 0 Å². The van der Waals surface area contributed by atoms with Crippen LogP contribution in [-0.4, -0.2) is 40.8 Å². The number of carboxylic acids is 1. The standard InChI is InChI=1S/C8H16N2O4/c1-2-3-5(9)7(12)10-4-6(11)8(13)14/h5-6,11H,2-4,9H2,1H3,(H,10,12)(H,13,14)/t5-,6-/m0/s1. The lowest BCUT2D eigenvalue weighted by molar-refractivity contribution is -0.146. The first-order valence-corrected chi connectivity index (χ1v) is 4.43. The zero-order valence-electron chi connectivity index (χ0n) is 8.06. The number of nitrogens with one attached hydrogen (secondary N) is 1. The van der Waals surface area contributed by atoms with Crippen molar-refractivity contribution in [3.8, 4) is 0 Å². The molecule has 1 amide bonds. The van der Waals surface area contributed by atoms with Crippen LogP contribution in [0.2, 0.25) is 0 Å². The van der Waals surface area contributed by atoms with E-state index in [2.05, 4.69) is 5.32 Å². The lowest BCUT2D eigenvalue weighted by Crippen LogP contribution is -2.44. The highest BCUT2D eigenvalue weighted by atomic mass is 16.4. The van der Waals surface area contributed by atoms with Crippen molar-refractivity contribution in [1.29, 1.82) is 0 Å². The van der Waals surface area contributed by atoms with Crippen LogP contribution in [0.1, 0.15) is 19.8 Å². The third-order valence-electron chi connectivity index (χ3n) is 1.69. The molecule has 82 valence electrons. The molecule has 0 spiro atoms. The molecular weight excluding hydrogens is 188 g/mol. The number of carboxylic acid groups (broad SMARTS) is 1. The highest BCUT2D eigenvalue weighted by Crippen LogP contribution is 1.92. The monoisotopic (exact) mass is 204 g/mol. The fourth-order valence-corrected chi connectivity index (χ4v) is 0.858. The molecule has 0 aromatic heterocycles. The molecule has 0 aliphatic rings. The fraction of sp³-hybridized carbons (Fsp3) is 0.750. The van der Waals surface area contributed by atoms with Gasteiger partial charge in [-0.15, -0.1) is 0 Å². The number of aliphatic hydroxyl groups excluding tert-OH is 1. The summed E-state index contributed by atoms with van der Waals surface area (Å²) in [5.41, 5.74) is 5.45. The van der Waals surface area contributed by atoms with Gasteiger partial charge in [-0.1, -0.05) is 13.3 Å². The number of carbonyl (C=O) groups is 2. The molecule has 0 saturated heterocycles. The summed E-state index contributed by atoms with van der Waals surface area (Å²) in [4.78, 5) is 21.3. The minimum Gasteiger partial charge on any atom is -0.479 e. The Kier molecular flexibility index (Phi) is 5.82. The van der Waals surface area contributed by atoms with Gasteiger partial charge in [-0.2, -0.15) is 0 Å². The SMILES string of the molecule is CCC[C@H](N)C(=O)NC[C@H](O)C(=O)O. The molecule has 0 bridgehead atoms. The molecule has 0 aromatic carbocycles. The van der Waals surface area contributed by atoms with Gasteiger partial charge < -0.3 is 21.3 Å². The molecule has 0 rings (SSSR count). The number of aliphatic hydroxyl groups is 1. The molecule has 2 atom stereocenters. The van der Waals surface area contributed by atoms with Crippen LogP contribution in [0.25, 0.3) is 0 Å². The minimum absolute atomic E-state index is 0.314. The lowest BCUT2D eigenvalue weighted by Gasteiger charge is -2.12. The third-order valence-corrected chi connectivity index (χ3v) is 1.69. The normalized spacial score (nSPS) is 14.5. The van der Waals surface area contributed by atoms with Crippen molar-refractivity contribution in [2.75, 3.05) is 6.54 Å². The van der Waals surface area contributed by atoms with Gasteiger partial charge in [0.2, 0.25) is 5.91 Å². The van der Waals surface area contributed by atoms with E-state index in [1.54, 1.807) is 0 Å². The van der Waals surface area contributed by atoms with E-state index in [0.717, 1.165) is 6.42 Å². The molecule has 0 heterocycles. The second-order valence-corrected chi connectivity index (χ2v) is 2.99. The molecular formula is C8H16N2O4. The molecule has 6 heteroatoms. The Morgan fingerprint density at radius 2 is 2.07 bits per heavy atom. The quantitative estimate of drug-likeness (QED) is 0.428. The summed E-state index contributed by atoms with van der Waals surface area (Å²) < 4.78 is 0. The number of carbonyl (C=O) groups excluding carboxylic acids is 1. The van der Waals surface area contributed by atoms with E-state index in [9.17, 15) is 9.59 Å². The largest absolute Gasteiger partial charge is 0.479 e. The number of amides is 1. The van der Waals surface area contributed by atoms with E-state index in [1.807, 2.05) is 6.92 Å². The zero-order valence-corrected chi connectivity index (χ0v) is 8.06. The van der Waals surface area contributed by atoms with Gasteiger partial charge in [-0.25, -0.2) is 4.79 Å². The van der Waals surface area contributed by atoms with E-state index < -0.39 is 24.0 Å². The molecule has 0 saturated carbocycles. The van der Waals surface area contributed by atoms with E-state index >= 15 is 0 Å². The molecule has 5 N–H and O–H groups in total. The van der Waals surface area contributed by atoms with Crippen LogP contribution in [0.3, 0.4) is 0 Å². The maximum absolute atomic E-state index is 11.1. The van der Waals surface area contributed by atoms with Crippen molar-refractivity contribution in [1.82, 2.24) is 5.32 Å². The summed E-state index contributed by atoms with van der Waals surface area (Å²) in [5, 5.41) is 19.4. The summed E-state index contributed by atoms with van der Waals surface area (Å²) in [5.74, 6) is -1.80. The molecule has 0 fully saturated rings. The predicted molar refractivity (Wildman–Crippen MR) is 49.5 cm³/mol. The topological polar surface area (TPSA) is 113 Å². The Morgan fingerprint density at radius 3 is 2.50 bits per heavy atom. The number of aliphatic carboxylic acids is 1. The summed E-state index contributed by atoms with van der Waals surface area (Å²) in [6, 6.07) is -0.638.